The fourth-order valence-electron chi connectivity index (χ4n) is 1.92. The molecule has 0 amide bonds. The topological polar surface area (TPSA) is 12.0 Å². The second kappa shape index (κ2) is 8.18. The molecular formula is C16H16BrClFNS. The van der Waals surface area contributed by atoms with Crippen LogP contribution in [0.1, 0.15) is 5.56 Å². The van der Waals surface area contributed by atoms with Crippen molar-refractivity contribution in [3.8, 4) is 0 Å². The summed E-state index contributed by atoms with van der Waals surface area (Å²) in [5.41, 5.74) is 1.04. The number of likely N-dealkylation sites (N-methyl/N-ethyl adjacent to an activating group) is 1. The highest BCUT2D eigenvalue weighted by Crippen LogP contribution is 2.23. The zero-order valence-electron chi connectivity index (χ0n) is 11.6. The first-order valence-corrected chi connectivity index (χ1v) is 8.73. The molecule has 0 spiro atoms. The smallest absolute Gasteiger partial charge is 0.141 e. The van der Waals surface area contributed by atoms with Crippen LogP contribution in [0.4, 0.5) is 4.39 Å². The number of thioether (sulfide) groups is 1. The Morgan fingerprint density at radius 2 is 1.95 bits per heavy atom. The summed E-state index contributed by atoms with van der Waals surface area (Å²) < 4.78 is 14.2. The van der Waals surface area contributed by atoms with Crippen LogP contribution in [0.5, 0.6) is 0 Å². The Balaban J connectivity index is 1.93. The first-order chi connectivity index (χ1) is 10.1. The Labute approximate surface area is 142 Å². The first kappa shape index (κ1) is 16.8. The third kappa shape index (κ3) is 5.29. The van der Waals surface area contributed by atoms with E-state index < -0.39 is 0 Å². The molecule has 0 aromatic heterocycles. The van der Waals surface area contributed by atoms with Gasteiger partial charge in [0.25, 0.3) is 0 Å². The van der Waals surface area contributed by atoms with Gasteiger partial charge >= 0.3 is 0 Å². The minimum absolute atomic E-state index is 0.183. The van der Waals surface area contributed by atoms with Crippen LogP contribution in [-0.4, -0.2) is 18.8 Å². The number of rotatable bonds is 6. The Hall–Kier alpha value is -0.550. The van der Waals surface area contributed by atoms with Crippen LogP contribution >= 0.6 is 39.3 Å². The van der Waals surface area contributed by atoms with Gasteiger partial charge in [0.05, 0.1) is 5.02 Å². The summed E-state index contributed by atoms with van der Waals surface area (Å²) in [5.74, 6) is 0.568. The molecule has 0 aliphatic heterocycles. The molecule has 1 unspecified atom stereocenters. The van der Waals surface area contributed by atoms with Crippen LogP contribution in [0, 0.1) is 5.82 Å². The number of benzene rings is 2. The van der Waals surface area contributed by atoms with Gasteiger partial charge in [-0.05, 0) is 55.4 Å². The number of halogens is 3. The van der Waals surface area contributed by atoms with E-state index in [0.29, 0.717) is 6.04 Å². The lowest BCUT2D eigenvalue weighted by molar-refractivity contribution is 0.610. The van der Waals surface area contributed by atoms with E-state index in [0.717, 1.165) is 22.2 Å². The number of hydrogen-bond acceptors (Lipinski definition) is 2. The van der Waals surface area contributed by atoms with Gasteiger partial charge in [-0.15, -0.1) is 11.8 Å². The van der Waals surface area contributed by atoms with Gasteiger partial charge in [0.2, 0.25) is 0 Å². The van der Waals surface area contributed by atoms with Crippen molar-refractivity contribution in [2.75, 3.05) is 12.8 Å². The molecule has 0 radical (unpaired) electrons. The standard InChI is InChI=1S/C16H16BrClFNS/c1-20-13(8-11-2-7-16(19)15(18)9-11)10-21-14-5-3-12(17)4-6-14/h2-7,9,13,20H,8,10H2,1H3. The van der Waals surface area contributed by atoms with Crippen molar-refractivity contribution in [2.45, 2.75) is 17.4 Å². The zero-order valence-corrected chi connectivity index (χ0v) is 14.7. The largest absolute Gasteiger partial charge is 0.316 e. The van der Waals surface area contributed by atoms with Gasteiger partial charge < -0.3 is 5.32 Å². The molecule has 21 heavy (non-hydrogen) atoms. The molecule has 1 nitrogen and oxygen atoms in total. The number of hydrogen-bond donors (Lipinski definition) is 1. The van der Waals surface area contributed by atoms with Crippen molar-refractivity contribution in [2.24, 2.45) is 0 Å². The number of nitrogens with one attached hydrogen (secondary N) is 1. The van der Waals surface area contributed by atoms with Gasteiger partial charge in [0.15, 0.2) is 0 Å². The summed E-state index contributed by atoms with van der Waals surface area (Å²) in [5, 5.41) is 3.48. The zero-order chi connectivity index (χ0) is 15.2. The Morgan fingerprint density at radius 1 is 1.24 bits per heavy atom. The summed E-state index contributed by atoms with van der Waals surface area (Å²) >= 11 is 11.1. The molecule has 0 saturated heterocycles. The molecule has 0 saturated carbocycles. The molecule has 1 atom stereocenters. The Bertz CT molecular complexity index is 591. The van der Waals surface area contributed by atoms with Gasteiger partial charge in [-0.25, -0.2) is 4.39 Å². The predicted molar refractivity (Wildman–Crippen MR) is 92.8 cm³/mol. The third-order valence-corrected chi connectivity index (χ3v) is 5.13. The molecule has 0 heterocycles. The predicted octanol–water partition coefficient (Wildman–Crippen LogP) is 5.16. The maximum atomic E-state index is 13.2. The SMILES string of the molecule is CNC(CSc1ccc(Br)cc1)Cc1ccc(F)c(Cl)c1. The van der Waals surface area contributed by atoms with E-state index in [4.69, 9.17) is 11.6 Å². The average Bonchev–Trinajstić information content (AvgIpc) is 2.49. The molecule has 0 fully saturated rings. The van der Waals surface area contributed by atoms with Crippen LogP contribution in [0.25, 0.3) is 0 Å². The third-order valence-electron chi connectivity index (χ3n) is 3.14. The monoisotopic (exact) mass is 387 g/mol. The van der Waals surface area contributed by atoms with Crippen molar-refractivity contribution in [3.05, 3.63) is 63.3 Å². The van der Waals surface area contributed by atoms with E-state index in [2.05, 4.69) is 33.4 Å². The normalized spacial score (nSPS) is 12.4. The summed E-state index contributed by atoms with van der Waals surface area (Å²) in [7, 11) is 1.94. The molecule has 2 aromatic carbocycles. The van der Waals surface area contributed by atoms with Crippen molar-refractivity contribution in [1.82, 2.24) is 5.32 Å². The average molecular weight is 389 g/mol. The lowest BCUT2D eigenvalue weighted by atomic mass is 10.1. The van der Waals surface area contributed by atoms with Gasteiger partial charge in [0.1, 0.15) is 5.82 Å². The van der Waals surface area contributed by atoms with Crippen LogP contribution < -0.4 is 5.32 Å². The molecule has 0 aliphatic rings. The summed E-state index contributed by atoms with van der Waals surface area (Å²) in [6.07, 6.45) is 0.819. The van der Waals surface area contributed by atoms with Crippen molar-refractivity contribution in [3.63, 3.8) is 0 Å². The van der Waals surface area contributed by atoms with E-state index >= 15 is 0 Å². The van der Waals surface area contributed by atoms with E-state index in [9.17, 15) is 4.39 Å². The van der Waals surface area contributed by atoms with Crippen molar-refractivity contribution < 1.29 is 4.39 Å². The summed E-state index contributed by atoms with van der Waals surface area (Å²) in [4.78, 5) is 1.23. The first-order valence-electron chi connectivity index (χ1n) is 6.58. The lowest BCUT2D eigenvalue weighted by Crippen LogP contribution is -2.30. The van der Waals surface area contributed by atoms with E-state index in [1.54, 1.807) is 23.9 Å². The molecule has 0 bridgehead atoms. The van der Waals surface area contributed by atoms with E-state index in [1.165, 1.54) is 11.0 Å². The van der Waals surface area contributed by atoms with E-state index in [1.807, 2.05) is 19.2 Å². The maximum Gasteiger partial charge on any atom is 0.141 e. The van der Waals surface area contributed by atoms with Crippen molar-refractivity contribution in [1.29, 1.82) is 0 Å². The minimum atomic E-state index is -0.370. The lowest BCUT2D eigenvalue weighted by Gasteiger charge is -2.16. The van der Waals surface area contributed by atoms with Gasteiger partial charge in [-0.3, -0.25) is 0 Å². The fraction of sp³-hybridized carbons (Fsp3) is 0.250. The molecule has 5 heteroatoms. The maximum absolute atomic E-state index is 13.2. The molecule has 2 aromatic rings. The summed E-state index contributed by atoms with van der Waals surface area (Å²) in [6, 6.07) is 13.5. The molecule has 1 N–H and O–H groups in total. The molecular weight excluding hydrogens is 373 g/mol. The van der Waals surface area contributed by atoms with E-state index in [-0.39, 0.29) is 10.8 Å². The Morgan fingerprint density at radius 3 is 2.57 bits per heavy atom. The van der Waals surface area contributed by atoms with Gasteiger partial charge in [-0.2, -0.15) is 0 Å². The second-order valence-corrected chi connectivity index (χ2v) is 7.12. The Kier molecular flexibility index (Phi) is 6.55. The molecule has 2 rings (SSSR count). The van der Waals surface area contributed by atoms with Crippen LogP contribution in [-0.2, 0) is 6.42 Å². The van der Waals surface area contributed by atoms with Gasteiger partial charge in [0, 0.05) is 21.2 Å². The second-order valence-electron chi connectivity index (χ2n) is 4.70. The fourth-order valence-corrected chi connectivity index (χ4v) is 3.40. The molecule has 0 aliphatic carbocycles. The molecule has 112 valence electrons. The highest BCUT2D eigenvalue weighted by molar-refractivity contribution is 9.10. The minimum Gasteiger partial charge on any atom is -0.316 e. The quantitative estimate of drug-likeness (QED) is 0.686. The van der Waals surface area contributed by atoms with Crippen LogP contribution in [0.2, 0.25) is 5.02 Å². The summed E-state index contributed by atoms with van der Waals surface area (Å²) in [6.45, 7) is 0. The van der Waals surface area contributed by atoms with Crippen molar-refractivity contribution >= 4 is 39.3 Å². The highest BCUT2D eigenvalue weighted by Gasteiger charge is 2.10. The highest BCUT2D eigenvalue weighted by atomic mass is 79.9. The van der Waals surface area contributed by atoms with Gasteiger partial charge in [-0.1, -0.05) is 33.6 Å². The van der Waals surface area contributed by atoms with Crippen LogP contribution in [0.15, 0.2) is 51.8 Å². The van der Waals surface area contributed by atoms with Crippen LogP contribution in [0.3, 0.4) is 0 Å².